The molecule has 2 N–H and O–H groups in total. The molecule has 2 rings (SSSR count). The molecule has 7 heteroatoms. The fourth-order valence-electron chi connectivity index (χ4n) is 2.41. The maximum absolute atomic E-state index is 12.4. The topological polar surface area (TPSA) is 96.3 Å². The number of ether oxygens (including phenoxy) is 2. The Bertz CT molecular complexity index is 558. The van der Waals surface area contributed by atoms with Gasteiger partial charge in [-0.2, -0.15) is 0 Å². The van der Waals surface area contributed by atoms with E-state index in [0.29, 0.717) is 11.5 Å². The van der Waals surface area contributed by atoms with Crippen LogP contribution in [-0.2, 0) is 4.79 Å². The second-order valence-electron chi connectivity index (χ2n) is 4.77. The quantitative estimate of drug-likeness (QED) is 0.833. The van der Waals surface area contributed by atoms with Gasteiger partial charge in [-0.15, -0.1) is 0 Å². The molecule has 1 aromatic rings. The van der Waals surface area contributed by atoms with E-state index in [4.69, 9.17) is 14.6 Å². The molecule has 1 saturated heterocycles. The maximum Gasteiger partial charge on any atom is 0.326 e. The van der Waals surface area contributed by atoms with E-state index in [1.807, 2.05) is 0 Å². The number of hydrogen-bond donors (Lipinski definition) is 2. The third kappa shape index (κ3) is 2.92. The Morgan fingerprint density at radius 3 is 2.48 bits per heavy atom. The maximum atomic E-state index is 12.4. The molecular weight excluding hydrogens is 278 g/mol. The van der Waals surface area contributed by atoms with E-state index in [9.17, 15) is 14.7 Å². The van der Waals surface area contributed by atoms with Gasteiger partial charge in [0.1, 0.15) is 6.04 Å². The zero-order valence-corrected chi connectivity index (χ0v) is 11.8. The van der Waals surface area contributed by atoms with Gasteiger partial charge in [-0.05, 0) is 18.2 Å². The minimum absolute atomic E-state index is 0.00411. The van der Waals surface area contributed by atoms with Crippen molar-refractivity contribution in [1.29, 1.82) is 0 Å². The summed E-state index contributed by atoms with van der Waals surface area (Å²) in [6.07, 6.45) is -0.788. The number of aliphatic hydroxyl groups is 1. The van der Waals surface area contributed by atoms with Gasteiger partial charge in [0.15, 0.2) is 11.5 Å². The standard InChI is InChI=1S/C14H17NO6/c1-20-11-4-3-8(5-12(11)21-2)13(17)15-7-9(16)6-10(15)14(18)19/h3-5,9-10,16H,6-7H2,1-2H3,(H,18,19)/t9-,10-/m1/s1. The van der Waals surface area contributed by atoms with Crippen LogP contribution in [0.5, 0.6) is 11.5 Å². The number of carbonyl (C=O) groups is 2. The van der Waals surface area contributed by atoms with E-state index in [-0.39, 0.29) is 18.5 Å². The minimum Gasteiger partial charge on any atom is -0.493 e. The van der Waals surface area contributed by atoms with Crippen LogP contribution in [0.25, 0.3) is 0 Å². The molecule has 1 aliphatic rings. The summed E-state index contributed by atoms with van der Waals surface area (Å²) < 4.78 is 10.2. The van der Waals surface area contributed by atoms with Crippen LogP contribution in [0.3, 0.4) is 0 Å². The Kier molecular flexibility index (Phi) is 4.32. The van der Waals surface area contributed by atoms with Crippen molar-refractivity contribution >= 4 is 11.9 Å². The first kappa shape index (κ1) is 15.1. The first-order chi connectivity index (χ1) is 9.97. The van der Waals surface area contributed by atoms with E-state index >= 15 is 0 Å². The summed E-state index contributed by atoms with van der Waals surface area (Å²) in [5.41, 5.74) is 0.285. The Balaban J connectivity index is 2.29. The Labute approximate surface area is 121 Å². The van der Waals surface area contributed by atoms with Crippen LogP contribution < -0.4 is 9.47 Å². The molecule has 21 heavy (non-hydrogen) atoms. The van der Waals surface area contributed by atoms with Crippen LogP contribution >= 0.6 is 0 Å². The monoisotopic (exact) mass is 295 g/mol. The predicted octanol–water partition coefficient (Wildman–Crippen LogP) is 0.364. The number of rotatable bonds is 4. The molecule has 1 heterocycles. The lowest BCUT2D eigenvalue weighted by atomic mass is 10.1. The number of benzene rings is 1. The molecule has 0 aromatic heterocycles. The summed E-state index contributed by atoms with van der Waals surface area (Å²) in [7, 11) is 2.93. The van der Waals surface area contributed by atoms with Gasteiger partial charge in [0.05, 0.1) is 20.3 Å². The molecule has 1 aliphatic heterocycles. The van der Waals surface area contributed by atoms with Crippen molar-refractivity contribution in [3.8, 4) is 11.5 Å². The fourth-order valence-corrected chi connectivity index (χ4v) is 2.41. The van der Waals surface area contributed by atoms with Gasteiger partial charge in [-0.25, -0.2) is 4.79 Å². The van der Waals surface area contributed by atoms with Crippen LogP contribution in [0.1, 0.15) is 16.8 Å². The number of carboxylic acids is 1. The van der Waals surface area contributed by atoms with E-state index < -0.39 is 24.0 Å². The summed E-state index contributed by atoms with van der Waals surface area (Å²) in [4.78, 5) is 24.8. The molecule has 114 valence electrons. The minimum atomic E-state index is -1.12. The molecule has 0 unspecified atom stereocenters. The van der Waals surface area contributed by atoms with Crippen LogP contribution in [0.2, 0.25) is 0 Å². The molecular formula is C14H17NO6. The summed E-state index contributed by atoms with van der Waals surface area (Å²) in [5, 5.41) is 18.7. The van der Waals surface area contributed by atoms with Crippen molar-refractivity contribution in [3.05, 3.63) is 23.8 Å². The highest BCUT2D eigenvalue weighted by Gasteiger charge is 2.39. The zero-order chi connectivity index (χ0) is 15.6. The van der Waals surface area contributed by atoms with Gasteiger partial charge >= 0.3 is 5.97 Å². The Morgan fingerprint density at radius 1 is 1.24 bits per heavy atom. The van der Waals surface area contributed by atoms with E-state index in [1.54, 1.807) is 6.07 Å². The zero-order valence-electron chi connectivity index (χ0n) is 11.8. The Morgan fingerprint density at radius 2 is 1.90 bits per heavy atom. The number of aliphatic carboxylic acids is 1. The van der Waals surface area contributed by atoms with Crippen LogP contribution in [0.15, 0.2) is 18.2 Å². The van der Waals surface area contributed by atoms with Gasteiger partial charge in [0.2, 0.25) is 0 Å². The molecule has 0 aliphatic carbocycles. The molecule has 0 saturated carbocycles. The highest BCUT2D eigenvalue weighted by molar-refractivity contribution is 5.97. The van der Waals surface area contributed by atoms with E-state index in [1.165, 1.54) is 26.4 Å². The first-order valence-electron chi connectivity index (χ1n) is 6.41. The average molecular weight is 295 g/mol. The molecule has 1 amide bonds. The second-order valence-corrected chi connectivity index (χ2v) is 4.77. The van der Waals surface area contributed by atoms with Crippen molar-refractivity contribution in [2.45, 2.75) is 18.6 Å². The van der Waals surface area contributed by atoms with Crippen molar-refractivity contribution in [2.24, 2.45) is 0 Å². The summed E-state index contributed by atoms with van der Waals surface area (Å²) >= 11 is 0. The van der Waals surface area contributed by atoms with Crippen molar-refractivity contribution in [1.82, 2.24) is 4.90 Å². The van der Waals surface area contributed by atoms with Crippen molar-refractivity contribution < 1.29 is 29.3 Å². The van der Waals surface area contributed by atoms with Gasteiger partial charge < -0.3 is 24.6 Å². The van der Waals surface area contributed by atoms with Crippen molar-refractivity contribution in [2.75, 3.05) is 20.8 Å². The highest BCUT2D eigenvalue weighted by atomic mass is 16.5. The number of carboxylic acid groups (broad SMARTS) is 1. The third-order valence-corrected chi connectivity index (χ3v) is 3.46. The molecule has 1 fully saturated rings. The average Bonchev–Trinajstić information content (AvgIpc) is 2.88. The predicted molar refractivity (Wildman–Crippen MR) is 72.6 cm³/mol. The van der Waals surface area contributed by atoms with Gasteiger partial charge in [0.25, 0.3) is 5.91 Å². The van der Waals surface area contributed by atoms with Crippen LogP contribution in [0, 0.1) is 0 Å². The van der Waals surface area contributed by atoms with E-state index in [0.717, 1.165) is 4.90 Å². The van der Waals surface area contributed by atoms with E-state index in [2.05, 4.69) is 0 Å². The smallest absolute Gasteiger partial charge is 0.326 e. The number of nitrogens with zero attached hydrogens (tertiary/aromatic N) is 1. The lowest BCUT2D eigenvalue weighted by Gasteiger charge is -2.21. The van der Waals surface area contributed by atoms with Crippen LogP contribution in [0.4, 0.5) is 0 Å². The number of hydrogen-bond acceptors (Lipinski definition) is 5. The van der Waals surface area contributed by atoms with Gasteiger partial charge in [-0.3, -0.25) is 4.79 Å². The lowest BCUT2D eigenvalue weighted by molar-refractivity contribution is -0.141. The highest BCUT2D eigenvalue weighted by Crippen LogP contribution is 2.29. The lowest BCUT2D eigenvalue weighted by Crippen LogP contribution is -2.40. The molecule has 0 spiro atoms. The largest absolute Gasteiger partial charge is 0.493 e. The first-order valence-corrected chi connectivity index (χ1v) is 6.41. The Hall–Kier alpha value is -2.28. The molecule has 2 atom stereocenters. The number of β-amino-alcohol motifs (C(OH)–C–C–N with tert-alkyl or cyclic N) is 1. The summed E-state index contributed by atoms with van der Waals surface area (Å²) in [6.45, 7) is 0.00411. The number of methoxy groups -OCH3 is 2. The molecule has 7 nitrogen and oxygen atoms in total. The second kappa shape index (κ2) is 6.01. The molecule has 0 radical (unpaired) electrons. The number of likely N-dealkylation sites (tertiary alicyclic amines) is 1. The van der Waals surface area contributed by atoms with Crippen LogP contribution in [-0.4, -0.2) is 59.9 Å². The van der Waals surface area contributed by atoms with Gasteiger partial charge in [0, 0.05) is 18.5 Å². The number of carbonyl (C=O) groups excluding carboxylic acids is 1. The van der Waals surface area contributed by atoms with Gasteiger partial charge in [-0.1, -0.05) is 0 Å². The fraction of sp³-hybridized carbons (Fsp3) is 0.429. The molecule has 0 bridgehead atoms. The summed E-state index contributed by atoms with van der Waals surface area (Å²) in [6, 6.07) is 3.59. The summed E-state index contributed by atoms with van der Waals surface area (Å²) in [5.74, 6) is -0.722. The van der Waals surface area contributed by atoms with Crippen molar-refractivity contribution in [3.63, 3.8) is 0 Å². The number of amides is 1. The molecule has 1 aromatic carbocycles. The normalized spacial score (nSPS) is 21.2. The number of aliphatic hydroxyl groups excluding tert-OH is 1. The SMILES string of the molecule is COc1ccc(C(=O)N2C[C@H](O)C[C@@H]2C(=O)O)cc1OC. The third-order valence-electron chi connectivity index (χ3n) is 3.46.